The molecule has 0 spiro atoms. The van der Waals surface area contributed by atoms with Gasteiger partial charge in [-0.1, -0.05) is 17.3 Å². The van der Waals surface area contributed by atoms with E-state index in [1.165, 1.54) is 24.3 Å². The molecular weight excluding hydrogens is 352 g/mol. The van der Waals surface area contributed by atoms with Crippen LogP contribution in [0, 0.1) is 10.1 Å². The smallest absolute Gasteiger partial charge is 0.277 e. The van der Waals surface area contributed by atoms with Gasteiger partial charge in [-0.05, 0) is 31.2 Å². The molecule has 0 saturated heterocycles. The summed E-state index contributed by atoms with van der Waals surface area (Å²) in [5.41, 5.74) is 4.64. The lowest BCUT2D eigenvalue weighted by Crippen LogP contribution is -2.26. The number of ether oxygens (including phenoxy) is 1. The third-order valence-corrected chi connectivity index (χ3v) is 3.59. The SMILES string of the molecule is C/C(Cn1nnc2ccccc21)=N/NC(=O)COc1ccc([N+](=O)[O-])cc1. The summed E-state index contributed by atoms with van der Waals surface area (Å²) >= 11 is 0. The minimum absolute atomic E-state index is 0.0485. The van der Waals surface area contributed by atoms with E-state index in [1.807, 2.05) is 24.3 Å². The summed E-state index contributed by atoms with van der Waals surface area (Å²) in [5.74, 6) is -0.0957. The van der Waals surface area contributed by atoms with Gasteiger partial charge in [0.15, 0.2) is 6.61 Å². The maximum atomic E-state index is 11.8. The van der Waals surface area contributed by atoms with Gasteiger partial charge in [0.2, 0.25) is 0 Å². The maximum absolute atomic E-state index is 11.8. The fourth-order valence-corrected chi connectivity index (χ4v) is 2.29. The fraction of sp³-hybridized carbons (Fsp3) is 0.176. The summed E-state index contributed by atoms with van der Waals surface area (Å²) in [6.45, 7) is 1.87. The molecule has 0 unspecified atom stereocenters. The van der Waals surface area contributed by atoms with Crippen LogP contribution in [0.15, 0.2) is 53.6 Å². The van der Waals surface area contributed by atoms with Crippen molar-refractivity contribution < 1.29 is 14.5 Å². The minimum Gasteiger partial charge on any atom is -0.484 e. The van der Waals surface area contributed by atoms with Gasteiger partial charge in [0.05, 0.1) is 22.7 Å². The van der Waals surface area contributed by atoms with E-state index in [4.69, 9.17) is 4.74 Å². The fourth-order valence-electron chi connectivity index (χ4n) is 2.29. The van der Waals surface area contributed by atoms with Gasteiger partial charge >= 0.3 is 0 Å². The zero-order valence-electron chi connectivity index (χ0n) is 14.4. The molecule has 0 bridgehead atoms. The summed E-state index contributed by atoms with van der Waals surface area (Å²) in [6, 6.07) is 13.0. The lowest BCUT2D eigenvalue weighted by molar-refractivity contribution is -0.384. The minimum atomic E-state index is -0.508. The number of nitro groups is 1. The molecule has 0 aliphatic carbocycles. The number of hydrogen-bond acceptors (Lipinski definition) is 7. The third-order valence-electron chi connectivity index (χ3n) is 3.59. The zero-order chi connectivity index (χ0) is 19.2. The summed E-state index contributed by atoms with van der Waals surface area (Å²) < 4.78 is 6.96. The maximum Gasteiger partial charge on any atom is 0.277 e. The van der Waals surface area contributed by atoms with Crippen molar-refractivity contribution in [3.8, 4) is 5.75 Å². The Morgan fingerprint density at radius 1 is 1.26 bits per heavy atom. The van der Waals surface area contributed by atoms with Crippen LogP contribution in [0.25, 0.3) is 11.0 Å². The molecule has 1 amide bonds. The number of carbonyl (C=O) groups is 1. The van der Waals surface area contributed by atoms with Crippen LogP contribution in [0.2, 0.25) is 0 Å². The van der Waals surface area contributed by atoms with Gasteiger partial charge < -0.3 is 4.74 Å². The lowest BCUT2D eigenvalue weighted by Gasteiger charge is -2.06. The van der Waals surface area contributed by atoms with Crippen LogP contribution in [0.5, 0.6) is 5.75 Å². The largest absolute Gasteiger partial charge is 0.484 e. The molecule has 3 aromatic rings. The van der Waals surface area contributed by atoms with E-state index in [-0.39, 0.29) is 12.3 Å². The first-order valence-electron chi connectivity index (χ1n) is 8.00. The van der Waals surface area contributed by atoms with E-state index in [0.717, 1.165) is 11.0 Å². The molecule has 10 nitrogen and oxygen atoms in total. The van der Waals surface area contributed by atoms with Crippen LogP contribution < -0.4 is 10.2 Å². The van der Waals surface area contributed by atoms with Crippen LogP contribution in [0.4, 0.5) is 5.69 Å². The Morgan fingerprint density at radius 2 is 2.00 bits per heavy atom. The molecule has 1 heterocycles. The van der Waals surface area contributed by atoms with Crippen molar-refractivity contribution in [3.05, 3.63) is 58.6 Å². The summed E-state index contributed by atoms with van der Waals surface area (Å²) in [6.07, 6.45) is 0. The highest BCUT2D eigenvalue weighted by atomic mass is 16.6. The molecule has 2 aromatic carbocycles. The van der Waals surface area contributed by atoms with Crippen molar-refractivity contribution in [1.82, 2.24) is 20.4 Å². The number of benzene rings is 2. The molecule has 0 saturated carbocycles. The van der Waals surface area contributed by atoms with E-state index in [1.54, 1.807) is 11.6 Å². The molecule has 27 heavy (non-hydrogen) atoms. The molecule has 0 radical (unpaired) electrons. The van der Waals surface area contributed by atoms with E-state index in [2.05, 4.69) is 20.8 Å². The monoisotopic (exact) mass is 368 g/mol. The molecule has 1 N–H and O–H groups in total. The van der Waals surface area contributed by atoms with Gasteiger partial charge in [0.25, 0.3) is 11.6 Å². The van der Waals surface area contributed by atoms with Crippen LogP contribution in [-0.2, 0) is 11.3 Å². The third kappa shape index (κ3) is 4.63. The zero-order valence-corrected chi connectivity index (χ0v) is 14.4. The van der Waals surface area contributed by atoms with Crippen molar-refractivity contribution in [2.45, 2.75) is 13.5 Å². The second-order valence-corrected chi connectivity index (χ2v) is 5.66. The van der Waals surface area contributed by atoms with Crippen LogP contribution >= 0.6 is 0 Å². The Morgan fingerprint density at radius 3 is 2.74 bits per heavy atom. The summed E-state index contributed by atoms with van der Waals surface area (Å²) in [4.78, 5) is 21.9. The molecule has 0 aliphatic heterocycles. The number of nitrogens with one attached hydrogen (secondary N) is 1. The summed E-state index contributed by atoms with van der Waals surface area (Å²) in [7, 11) is 0. The first-order chi connectivity index (χ1) is 13.0. The number of carbonyl (C=O) groups excluding carboxylic acids is 1. The van der Waals surface area contributed by atoms with E-state index in [9.17, 15) is 14.9 Å². The van der Waals surface area contributed by atoms with Crippen LogP contribution in [-0.4, -0.2) is 38.1 Å². The second kappa shape index (κ2) is 8.04. The topological polar surface area (TPSA) is 125 Å². The van der Waals surface area contributed by atoms with Crippen LogP contribution in [0.3, 0.4) is 0 Å². The van der Waals surface area contributed by atoms with E-state index in [0.29, 0.717) is 18.0 Å². The Labute approximate surface area is 153 Å². The van der Waals surface area contributed by atoms with Gasteiger partial charge in [-0.3, -0.25) is 14.9 Å². The number of rotatable bonds is 7. The number of fused-ring (bicyclic) bond motifs is 1. The average Bonchev–Trinajstić information content (AvgIpc) is 3.08. The number of aromatic nitrogens is 3. The Balaban J connectivity index is 1.50. The molecule has 1 aromatic heterocycles. The molecule has 138 valence electrons. The number of nitro benzene ring substituents is 1. The number of nitrogens with zero attached hydrogens (tertiary/aromatic N) is 5. The van der Waals surface area contributed by atoms with Crippen molar-refractivity contribution in [3.63, 3.8) is 0 Å². The number of hydrogen-bond donors (Lipinski definition) is 1. The molecule has 0 aliphatic rings. The van der Waals surface area contributed by atoms with E-state index >= 15 is 0 Å². The predicted molar refractivity (Wildman–Crippen MR) is 97.4 cm³/mol. The van der Waals surface area contributed by atoms with Gasteiger partial charge in [0.1, 0.15) is 11.3 Å². The van der Waals surface area contributed by atoms with Crippen molar-refractivity contribution in [1.29, 1.82) is 0 Å². The van der Waals surface area contributed by atoms with Crippen molar-refractivity contribution >= 4 is 28.3 Å². The molecular formula is C17H16N6O4. The first-order valence-corrected chi connectivity index (χ1v) is 8.00. The van der Waals surface area contributed by atoms with Gasteiger partial charge in [-0.25, -0.2) is 10.1 Å². The Bertz CT molecular complexity index is 996. The van der Waals surface area contributed by atoms with Crippen molar-refractivity contribution in [2.24, 2.45) is 5.10 Å². The predicted octanol–water partition coefficient (Wildman–Crippen LogP) is 1.91. The normalized spacial score (nSPS) is 11.4. The lowest BCUT2D eigenvalue weighted by atomic mass is 10.3. The second-order valence-electron chi connectivity index (χ2n) is 5.66. The average molecular weight is 368 g/mol. The molecule has 0 fully saturated rings. The first kappa shape index (κ1) is 18.0. The number of para-hydroxylation sites is 1. The van der Waals surface area contributed by atoms with Crippen LogP contribution in [0.1, 0.15) is 6.92 Å². The van der Waals surface area contributed by atoms with Gasteiger partial charge in [-0.2, -0.15) is 5.10 Å². The summed E-state index contributed by atoms with van der Waals surface area (Å²) in [5, 5.41) is 22.7. The highest BCUT2D eigenvalue weighted by molar-refractivity contribution is 5.86. The van der Waals surface area contributed by atoms with Gasteiger partial charge in [0, 0.05) is 12.1 Å². The Hall–Kier alpha value is -3.82. The number of hydrazone groups is 1. The standard InChI is InChI=1S/C17H16N6O4/c1-12(10-22-16-5-3-2-4-15(16)19-21-22)18-20-17(24)11-27-14-8-6-13(7-9-14)23(25)26/h2-9H,10-11H2,1H3,(H,20,24)/b18-12-. The van der Waals surface area contributed by atoms with Gasteiger partial charge in [-0.15, -0.1) is 5.10 Å². The highest BCUT2D eigenvalue weighted by Gasteiger charge is 2.07. The molecule has 0 atom stereocenters. The molecule has 3 rings (SSSR count). The molecule has 10 heteroatoms. The van der Waals surface area contributed by atoms with E-state index < -0.39 is 10.8 Å². The number of non-ortho nitro benzene ring substituents is 1. The van der Waals surface area contributed by atoms with Crippen molar-refractivity contribution in [2.75, 3.05) is 6.61 Å². The highest BCUT2D eigenvalue weighted by Crippen LogP contribution is 2.17. The number of amides is 1. The Kier molecular flexibility index (Phi) is 5.36. The quantitative estimate of drug-likeness (QED) is 0.386.